The zero-order valence-electron chi connectivity index (χ0n) is 10.7. The molecular weight excluding hydrogens is 234 g/mol. The predicted molar refractivity (Wildman–Crippen MR) is 71.7 cm³/mol. The molecule has 1 aromatic heterocycles. The second kappa shape index (κ2) is 6.12. The molecule has 0 aliphatic rings. The highest BCUT2D eigenvalue weighted by molar-refractivity contribution is 7.09. The maximum absolute atomic E-state index is 7.43. The van der Waals surface area contributed by atoms with Gasteiger partial charge < -0.3 is 10.5 Å². The van der Waals surface area contributed by atoms with Crippen LogP contribution in [0.4, 0.5) is 0 Å². The molecule has 0 aliphatic heterocycles. The Morgan fingerprint density at radius 3 is 2.76 bits per heavy atom. The number of nitrogens with two attached hydrogens (primary N) is 1. The average molecular weight is 255 g/mol. The van der Waals surface area contributed by atoms with E-state index in [0.717, 1.165) is 18.5 Å². The summed E-state index contributed by atoms with van der Waals surface area (Å²) in [4.78, 5) is 5.48. The van der Waals surface area contributed by atoms with E-state index in [1.54, 1.807) is 11.3 Å². The molecule has 0 saturated heterocycles. The van der Waals surface area contributed by atoms with Crippen LogP contribution in [0.15, 0.2) is 5.51 Å². The molecule has 5 heteroatoms. The van der Waals surface area contributed by atoms with Crippen molar-refractivity contribution in [1.29, 1.82) is 5.41 Å². The molecule has 0 fully saturated rings. The molecule has 1 heterocycles. The number of nitrogens with zero attached hydrogens (tertiary/aromatic N) is 1. The van der Waals surface area contributed by atoms with Gasteiger partial charge in [-0.3, -0.25) is 5.41 Å². The Balaban J connectivity index is 2.17. The van der Waals surface area contributed by atoms with Crippen LogP contribution in [0.2, 0.25) is 0 Å². The van der Waals surface area contributed by atoms with E-state index in [-0.39, 0.29) is 11.3 Å². The lowest BCUT2D eigenvalue weighted by Crippen LogP contribution is -2.32. The highest BCUT2D eigenvalue weighted by atomic mass is 32.1. The van der Waals surface area contributed by atoms with Crippen molar-refractivity contribution in [3.8, 4) is 0 Å². The number of rotatable bonds is 7. The molecule has 3 N–H and O–H groups in total. The summed E-state index contributed by atoms with van der Waals surface area (Å²) in [6.45, 7) is 7.30. The van der Waals surface area contributed by atoms with E-state index in [9.17, 15) is 0 Å². The number of aryl methyl sites for hydroxylation is 1. The van der Waals surface area contributed by atoms with Crippen LogP contribution in [0.5, 0.6) is 0 Å². The van der Waals surface area contributed by atoms with Gasteiger partial charge in [-0.2, -0.15) is 0 Å². The number of thiazole rings is 1. The third-order valence-corrected chi connectivity index (χ3v) is 3.91. The first-order valence-corrected chi connectivity index (χ1v) is 6.62. The van der Waals surface area contributed by atoms with Crippen molar-refractivity contribution in [3.05, 3.63) is 16.1 Å². The molecule has 0 aliphatic carbocycles. The van der Waals surface area contributed by atoms with Crippen LogP contribution < -0.4 is 5.73 Å². The first kappa shape index (κ1) is 14.1. The normalized spacial score (nSPS) is 11.7. The van der Waals surface area contributed by atoms with Gasteiger partial charge in [0.05, 0.1) is 23.6 Å². The summed E-state index contributed by atoms with van der Waals surface area (Å²) in [5, 5.41) is 7.43. The molecule has 1 aromatic rings. The minimum absolute atomic E-state index is 0.222. The SMILES string of the molecule is Cc1ncsc1CCOCCC(C)(C)C(=N)N. The maximum atomic E-state index is 7.43. The highest BCUT2D eigenvalue weighted by Crippen LogP contribution is 2.19. The molecule has 0 spiro atoms. The number of hydrogen-bond donors (Lipinski definition) is 2. The summed E-state index contributed by atoms with van der Waals surface area (Å²) >= 11 is 1.67. The lowest BCUT2D eigenvalue weighted by molar-refractivity contribution is 0.119. The van der Waals surface area contributed by atoms with Gasteiger partial charge in [0.25, 0.3) is 0 Å². The molecule has 0 unspecified atom stereocenters. The van der Waals surface area contributed by atoms with Crippen molar-refractivity contribution >= 4 is 17.2 Å². The van der Waals surface area contributed by atoms with Crippen LogP contribution in [0.25, 0.3) is 0 Å². The summed E-state index contributed by atoms with van der Waals surface area (Å²) in [6, 6.07) is 0. The van der Waals surface area contributed by atoms with Gasteiger partial charge in [-0.25, -0.2) is 4.98 Å². The Morgan fingerprint density at radius 2 is 2.24 bits per heavy atom. The Bertz CT molecular complexity index is 374. The van der Waals surface area contributed by atoms with Gasteiger partial charge >= 0.3 is 0 Å². The van der Waals surface area contributed by atoms with Gasteiger partial charge in [0.2, 0.25) is 0 Å². The first-order chi connectivity index (χ1) is 7.93. The molecular formula is C12H21N3OS. The fourth-order valence-electron chi connectivity index (χ4n) is 1.30. The molecule has 0 aromatic carbocycles. The smallest absolute Gasteiger partial charge is 0.0963 e. The van der Waals surface area contributed by atoms with E-state index in [0.29, 0.717) is 13.2 Å². The van der Waals surface area contributed by atoms with E-state index < -0.39 is 0 Å². The molecule has 0 amide bonds. The number of nitrogens with one attached hydrogen (secondary N) is 1. The summed E-state index contributed by atoms with van der Waals surface area (Å²) in [5.41, 5.74) is 8.20. The topological polar surface area (TPSA) is 72.0 Å². The van der Waals surface area contributed by atoms with Gasteiger partial charge in [-0.15, -0.1) is 11.3 Å². The molecule has 0 atom stereocenters. The van der Waals surface area contributed by atoms with Crippen LogP contribution in [0, 0.1) is 17.7 Å². The van der Waals surface area contributed by atoms with Crippen molar-refractivity contribution in [3.63, 3.8) is 0 Å². The predicted octanol–water partition coefficient (Wildman–Crippen LogP) is 2.36. The molecule has 0 saturated carbocycles. The van der Waals surface area contributed by atoms with Crippen LogP contribution in [-0.2, 0) is 11.2 Å². The van der Waals surface area contributed by atoms with E-state index in [1.165, 1.54) is 4.88 Å². The van der Waals surface area contributed by atoms with Crippen LogP contribution in [0.1, 0.15) is 30.8 Å². The molecule has 1 rings (SSSR count). The van der Waals surface area contributed by atoms with Gasteiger partial charge in [0, 0.05) is 23.3 Å². The van der Waals surface area contributed by atoms with Gasteiger partial charge in [-0.05, 0) is 13.3 Å². The monoisotopic (exact) mass is 255 g/mol. The van der Waals surface area contributed by atoms with E-state index in [1.807, 2.05) is 26.3 Å². The Hall–Kier alpha value is -0.940. The minimum Gasteiger partial charge on any atom is -0.387 e. The Labute approximate surface area is 107 Å². The van der Waals surface area contributed by atoms with Gasteiger partial charge in [0.1, 0.15) is 0 Å². The van der Waals surface area contributed by atoms with Crippen molar-refractivity contribution in [2.45, 2.75) is 33.6 Å². The summed E-state index contributed by atoms with van der Waals surface area (Å²) in [6.07, 6.45) is 1.70. The number of ether oxygens (including phenoxy) is 1. The second-order valence-corrected chi connectivity index (χ2v) is 5.71. The average Bonchev–Trinajstić information content (AvgIpc) is 2.63. The minimum atomic E-state index is -0.263. The zero-order valence-corrected chi connectivity index (χ0v) is 11.6. The third kappa shape index (κ3) is 4.44. The van der Waals surface area contributed by atoms with Gasteiger partial charge in [0.15, 0.2) is 0 Å². The Morgan fingerprint density at radius 1 is 1.53 bits per heavy atom. The summed E-state index contributed by atoms with van der Waals surface area (Å²) < 4.78 is 5.57. The molecule has 0 bridgehead atoms. The quantitative estimate of drug-likeness (QED) is 0.446. The van der Waals surface area contributed by atoms with Crippen LogP contribution >= 0.6 is 11.3 Å². The lowest BCUT2D eigenvalue weighted by Gasteiger charge is -2.22. The fraction of sp³-hybridized carbons (Fsp3) is 0.667. The van der Waals surface area contributed by atoms with Crippen molar-refractivity contribution < 1.29 is 4.74 Å². The van der Waals surface area contributed by atoms with Crippen molar-refractivity contribution in [1.82, 2.24) is 4.98 Å². The zero-order chi connectivity index (χ0) is 12.9. The van der Waals surface area contributed by atoms with Crippen LogP contribution in [-0.4, -0.2) is 24.0 Å². The van der Waals surface area contributed by atoms with E-state index in [4.69, 9.17) is 15.9 Å². The van der Waals surface area contributed by atoms with Crippen LogP contribution in [0.3, 0.4) is 0 Å². The highest BCUT2D eigenvalue weighted by Gasteiger charge is 2.20. The standard InChI is InChI=1S/C12H21N3OS/c1-9-10(17-8-15-9)4-6-16-7-5-12(2,3)11(13)14/h8H,4-7H2,1-3H3,(H3,13,14). The van der Waals surface area contributed by atoms with E-state index in [2.05, 4.69) is 4.98 Å². The molecule has 96 valence electrons. The number of hydrogen-bond acceptors (Lipinski definition) is 4. The van der Waals surface area contributed by atoms with Crippen molar-refractivity contribution in [2.75, 3.05) is 13.2 Å². The largest absolute Gasteiger partial charge is 0.387 e. The van der Waals surface area contributed by atoms with Gasteiger partial charge in [-0.1, -0.05) is 13.8 Å². The number of aromatic nitrogens is 1. The third-order valence-electron chi connectivity index (χ3n) is 2.92. The number of amidine groups is 1. The first-order valence-electron chi connectivity index (χ1n) is 5.74. The second-order valence-electron chi connectivity index (χ2n) is 4.77. The summed E-state index contributed by atoms with van der Waals surface area (Å²) in [7, 11) is 0. The Kier molecular flexibility index (Phi) is 5.08. The fourth-order valence-corrected chi connectivity index (χ4v) is 2.06. The van der Waals surface area contributed by atoms with E-state index >= 15 is 0 Å². The maximum Gasteiger partial charge on any atom is 0.0963 e. The summed E-state index contributed by atoms with van der Waals surface area (Å²) in [5.74, 6) is 0.222. The molecule has 17 heavy (non-hydrogen) atoms. The molecule has 4 nitrogen and oxygen atoms in total. The molecule has 0 radical (unpaired) electrons. The lowest BCUT2D eigenvalue weighted by atomic mass is 9.89. The van der Waals surface area contributed by atoms with Crippen molar-refractivity contribution in [2.24, 2.45) is 11.1 Å².